The molecule has 8 heterocycles. The first-order chi connectivity index (χ1) is 19.5. The summed E-state index contributed by atoms with van der Waals surface area (Å²) in [5, 5.41) is 10.7. The van der Waals surface area contributed by atoms with Crippen molar-refractivity contribution in [2.45, 2.75) is 105 Å². The molecule has 0 aromatic heterocycles. The van der Waals surface area contributed by atoms with Gasteiger partial charge >= 0.3 is 17.9 Å². The smallest absolute Gasteiger partial charge is 0.338 e. The molecule has 2 saturated carbocycles. The average molecular weight is 573 g/mol. The van der Waals surface area contributed by atoms with Crippen molar-refractivity contribution in [2.75, 3.05) is 19.8 Å². The summed E-state index contributed by atoms with van der Waals surface area (Å²) in [6, 6.07) is 0. The van der Waals surface area contributed by atoms with E-state index in [2.05, 4.69) is 13.8 Å². The second-order valence-corrected chi connectivity index (χ2v) is 13.7. The molecule has 1 N–H and O–H groups in total. The Morgan fingerprint density at radius 1 is 0.878 bits per heavy atom. The van der Waals surface area contributed by atoms with Crippen molar-refractivity contribution in [3.8, 4) is 0 Å². The van der Waals surface area contributed by atoms with Crippen molar-refractivity contribution in [3.05, 3.63) is 24.3 Å². The Hall–Kier alpha value is -2.35. The van der Waals surface area contributed by atoms with Crippen LogP contribution < -0.4 is 0 Å². The van der Waals surface area contributed by atoms with Gasteiger partial charge in [0, 0.05) is 24.3 Å². The highest BCUT2D eigenvalue weighted by Crippen LogP contribution is 2.75. The van der Waals surface area contributed by atoms with Gasteiger partial charge in [0.25, 0.3) is 0 Å². The van der Waals surface area contributed by atoms with Crippen molar-refractivity contribution in [1.82, 2.24) is 0 Å². The van der Waals surface area contributed by atoms with Crippen LogP contribution in [0.25, 0.3) is 0 Å². The van der Waals surface area contributed by atoms with Gasteiger partial charge in [-0.05, 0) is 25.8 Å². The monoisotopic (exact) mass is 572 g/mol. The van der Waals surface area contributed by atoms with E-state index in [1.807, 2.05) is 0 Å². The van der Waals surface area contributed by atoms with Gasteiger partial charge in [-0.2, -0.15) is 0 Å². The molecule has 12 heteroatoms. The lowest BCUT2D eigenvalue weighted by atomic mass is 9.50. The predicted octanol–water partition coefficient (Wildman–Crippen LogP) is 0.0345. The number of hydrogen-bond acceptors (Lipinski definition) is 12. The number of epoxide rings is 3. The lowest BCUT2D eigenvalue weighted by Crippen LogP contribution is -2.69. The minimum absolute atomic E-state index is 0.0179. The van der Waals surface area contributed by atoms with E-state index in [1.54, 1.807) is 0 Å². The van der Waals surface area contributed by atoms with Gasteiger partial charge in [0.15, 0.2) is 17.8 Å². The first kappa shape index (κ1) is 25.2. The molecule has 4 bridgehead atoms. The molecule has 8 fully saturated rings. The van der Waals surface area contributed by atoms with Gasteiger partial charge in [-0.3, -0.25) is 0 Å². The Morgan fingerprint density at radius 3 is 2.51 bits per heavy atom. The highest BCUT2D eigenvalue weighted by molar-refractivity contribution is 5.83. The van der Waals surface area contributed by atoms with Crippen LogP contribution in [0.1, 0.15) is 39.5 Å². The predicted molar refractivity (Wildman–Crippen MR) is 131 cm³/mol. The summed E-state index contributed by atoms with van der Waals surface area (Å²) in [7, 11) is 0. The minimum Gasteiger partial charge on any atom is -0.463 e. The van der Waals surface area contributed by atoms with E-state index in [4.69, 9.17) is 37.9 Å². The zero-order chi connectivity index (χ0) is 28.2. The molecular weight excluding hydrogens is 540 g/mol. The first-order valence-corrected chi connectivity index (χ1v) is 14.4. The third-order valence-corrected chi connectivity index (χ3v) is 12.0. The van der Waals surface area contributed by atoms with Crippen molar-refractivity contribution in [1.29, 1.82) is 0 Å². The maximum Gasteiger partial charge on any atom is 0.338 e. The molecule has 220 valence electrons. The fraction of sp³-hybridized carbons (Fsp3) is 0.759. The summed E-state index contributed by atoms with van der Waals surface area (Å²) >= 11 is 0. The summed E-state index contributed by atoms with van der Waals surface area (Å²) in [4.78, 5) is 39.0. The van der Waals surface area contributed by atoms with E-state index in [-0.39, 0.29) is 43.5 Å². The molecule has 2 aliphatic carbocycles. The lowest BCUT2D eigenvalue weighted by Gasteiger charge is -2.58. The van der Waals surface area contributed by atoms with Gasteiger partial charge in [-0.15, -0.1) is 0 Å². The molecule has 4 spiro atoms. The summed E-state index contributed by atoms with van der Waals surface area (Å²) in [6.45, 7) is 4.61. The van der Waals surface area contributed by atoms with E-state index >= 15 is 0 Å². The Bertz CT molecular complexity index is 1340. The molecule has 6 saturated heterocycles. The average Bonchev–Trinajstić information content (AvgIpc) is 3.86. The molecule has 0 aromatic carbocycles. The largest absolute Gasteiger partial charge is 0.463 e. The van der Waals surface area contributed by atoms with E-state index in [1.165, 1.54) is 24.3 Å². The SMILES string of the molecule is C[C@@]12[C@H]3C[C@@H](O[C@@H]4C5O[C@]5(C)CC[C@@]41COC(=O)C1OC14COC1(/C=C/C=C\C(=O)O3)C(C4)OC(=O)C1O)[C@]21CO1. The molecule has 10 rings (SSSR count). The van der Waals surface area contributed by atoms with E-state index in [0.717, 1.165) is 6.42 Å². The Balaban J connectivity index is 1.11. The molecule has 13 atom stereocenters. The molecule has 41 heavy (non-hydrogen) atoms. The van der Waals surface area contributed by atoms with Crippen LogP contribution in [0.5, 0.6) is 0 Å². The number of hydrogen-bond donors (Lipinski definition) is 1. The molecule has 0 aromatic rings. The molecule has 0 radical (unpaired) electrons. The van der Waals surface area contributed by atoms with Crippen molar-refractivity contribution >= 4 is 17.9 Å². The molecule has 0 amide bonds. The number of carbonyl (C=O) groups is 3. The highest BCUT2D eigenvalue weighted by Gasteiger charge is 2.86. The van der Waals surface area contributed by atoms with Crippen LogP contribution in [-0.4, -0.2) is 108 Å². The number of ether oxygens (including phenoxy) is 8. The number of allylic oxidation sites excluding steroid dienone is 2. The zero-order valence-electron chi connectivity index (χ0n) is 22.7. The van der Waals surface area contributed by atoms with E-state index in [9.17, 15) is 19.5 Å². The van der Waals surface area contributed by atoms with Crippen LogP contribution >= 0.6 is 0 Å². The number of carbonyl (C=O) groups excluding carboxylic acids is 3. The van der Waals surface area contributed by atoms with Gasteiger partial charge in [0.05, 0.1) is 36.4 Å². The van der Waals surface area contributed by atoms with Crippen LogP contribution in [0, 0.1) is 10.8 Å². The number of aliphatic hydroxyl groups is 1. The summed E-state index contributed by atoms with van der Waals surface area (Å²) in [5.74, 6) is -1.92. The van der Waals surface area contributed by atoms with Crippen LogP contribution in [0.4, 0.5) is 0 Å². The topological polar surface area (TPSA) is 155 Å². The number of fused-ring (bicyclic) bond motifs is 8. The van der Waals surface area contributed by atoms with Gasteiger partial charge in [-0.25, -0.2) is 14.4 Å². The minimum atomic E-state index is -1.56. The van der Waals surface area contributed by atoms with Crippen LogP contribution in [0.15, 0.2) is 24.3 Å². The first-order valence-electron chi connectivity index (χ1n) is 14.4. The summed E-state index contributed by atoms with van der Waals surface area (Å²) < 4.78 is 48.7. The second kappa shape index (κ2) is 7.40. The molecule has 6 unspecified atom stereocenters. The third kappa shape index (κ3) is 2.85. The number of esters is 3. The highest BCUT2D eigenvalue weighted by atomic mass is 16.7. The fourth-order valence-corrected chi connectivity index (χ4v) is 9.27. The molecular formula is C29H32O12. The van der Waals surface area contributed by atoms with Gasteiger partial charge in [0.1, 0.15) is 36.1 Å². The van der Waals surface area contributed by atoms with E-state index in [0.29, 0.717) is 19.4 Å². The van der Waals surface area contributed by atoms with Gasteiger partial charge < -0.3 is 43.0 Å². The lowest BCUT2D eigenvalue weighted by molar-refractivity contribution is -0.251. The normalized spacial score (nSPS) is 60.9. The number of aliphatic hydroxyl groups excluding tert-OH is 1. The Labute approximate surface area is 235 Å². The maximum atomic E-state index is 13.6. The fourth-order valence-electron chi connectivity index (χ4n) is 9.27. The van der Waals surface area contributed by atoms with Crippen LogP contribution in [0.3, 0.4) is 0 Å². The molecule has 10 aliphatic rings. The van der Waals surface area contributed by atoms with Crippen molar-refractivity contribution in [3.63, 3.8) is 0 Å². The number of rotatable bonds is 0. The van der Waals surface area contributed by atoms with Crippen LogP contribution in [0.2, 0.25) is 0 Å². The quantitative estimate of drug-likeness (QED) is 0.237. The zero-order valence-corrected chi connectivity index (χ0v) is 22.7. The third-order valence-electron chi connectivity index (χ3n) is 12.0. The van der Waals surface area contributed by atoms with Crippen molar-refractivity contribution < 1.29 is 57.4 Å². The second-order valence-electron chi connectivity index (χ2n) is 13.7. The maximum absolute atomic E-state index is 13.6. The standard InChI is InChI=1S/C29H32O12/c1-24-7-8-26-11-34-23(33)21-27(41-21)10-16-28(35-12-27,18(31)22(32)39-16)6-4-3-5-17(30)37-14-9-15(38-20(26)19(24)40-24)29(13-36-29)25(14,26)2/h3-6,14-16,18-21,31H,7-13H2,1-2H3/b5-3-,6-4+/t14-,15-,16?,18?,19?,20-,21?,24-,25-,26-,27?,28?,29-/m1/s1. The van der Waals surface area contributed by atoms with Gasteiger partial charge in [0.2, 0.25) is 0 Å². The Morgan fingerprint density at radius 2 is 1.71 bits per heavy atom. The molecule has 8 aliphatic heterocycles. The summed E-state index contributed by atoms with van der Waals surface area (Å²) in [5.41, 5.74) is -4.86. The van der Waals surface area contributed by atoms with Crippen LogP contribution in [-0.2, 0) is 52.3 Å². The van der Waals surface area contributed by atoms with Crippen molar-refractivity contribution in [2.24, 2.45) is 10.8 Å². The Kier molecular flexibility index (Phi) is 4.55. The molecule has 12 nitrogen and oxygen atoms in total. The van der Waals surface area contributed by atoms with Gasteiger partial charge in [-0.1, -0.05) is 19.1 Å². The van der Waals surface area contributed by atoms with E-state index < -0.39 is 70.0 Å². The summed E-state index contributed by atoms with van der Waals surface area (Å²) in [6.07, 6.45) is 3.11.